The van der Waals surface area contributed by atoms with Gasteiger partial charge < -0.3 is 4.40 Å². The molecule has 0 unspecified atom stereocenters. The summed E-state index contributed by atoms with van der Waals surface area (Å²) in [6, 6.07) is 4.10. The molecular formula is C12H13BrN2. The lowest BCUT2D eigenvalue weighted by Crippen LogP contribution is -1.91. The highest BCUT2D eigenvalue weighted by atomic mass is 79.9. The predicted molar refractivity (Wildman–Crippen MR) is 64.1 cm³/mol. The molecule has 3 rings (SSSR count). The average molecular weight is 265 g/mol. The van der Waals surface area contributed by atoms with Crippen molar-refractivity contribution in [3.63, 3.8) is 0 Å². The fourth-order valence-corrected chi connectivity index (χ4v) is 2.76. The quantitative estimate of drug-likeness (QED) is 0.767. The molecule has 0 amide bonds. The van der Waals surface area contributed by atoms with Gasteiger partial charge in [0.25, 0.3) is 0 Å². The highest BCUT2D eigenvalue weighted by Gasteiger charge is 2.19. The smallest absolute Gasteiger partial charge is 0.137 e. The molecule has 0 bridgehead atoms. The van der Waals surface area contributed by atoms with Crippen LogP contribution in [0.4, 0.5) is 0 Å². The Labute approximate surface area is 97.5 Å². The van der Waals surface area contributed by atoms with Crippen molar-refractivity contribution in [2.45, 2.75) is 31.6 Å². The van der Waals surface area contributed by atoms with Gasteiger partial charge in [-0.25, -0.2) is 4.98 Å². The summed E-state index contributed by atoms with van der Waals surface area (Å²) in [5.74, 6) is 0.698. The average Bonchev–Trinajstić information content (AvgIpc) is 2.84. The van der Waals surface area contributed by atoms with Crippen LogP contribution in [0.2, 0.25) is 0 Å². The van der Waals surface area contributed by atoms with E-state index in [0.717, 1.165) is 10.1 Å². The first-order chi connectivity index (χ1) is 7.33. The highest BCUT2D eigenvalue weighted by molar-refractivity contribution is 9.10. The minimum atomic E-state index is 0.698. The van der Waals surface area contributed by atoms with Crippen LogP contribution in [0.1, 0.15) is 37.3 Å². The third kappa shape index (κ3) is 1.69. The number of hydrogen-bond acceptors (Lipinski definition) is 1. The molecule has 15 heavy (non-hydrogen) atoms. The van der Waals surface area contributed by atoms with E-state index in [-0.39, 0.29) is 0 Å². The standard InChI is InChI=1S/C12H13BrN2/c13-10-5-6-12-14-11(8-15(12)7-10)9-3-1-2-4-9/h5-9H,1-4H2. The van der Waals surface area contributed by atoms with Gasteiger partial charge in [-0.2, -0.15) is 0 Å². The maximum Gasteiger partial charge on any atom is 0.137 e. The molecule has 0 radical (unpaired) electrons. The van der Waals surface area contributed by atoms with Crippen LogP contribution in [0.25, 0.3) is 5.65 Å². The van der Waals surface area contributed by atoms with Gasteiger partial charge in [0.05, 0.1) is 5.69 Å². The van der Waals surface area contributed by atoms with Crippen molar-refractivity contribution in [3.05, 3.63) is 34.7 Å². The van der Waals surface area contributed by atoms with Gasteiger partial charge in [-0.3, -0.25) is 0 Å². The van der Waals surface area contributed by atoms with Gasteiger partial charge in [0, 0.05) is 22.8 Å². The molecule has 1 saturated carbocycles. The first-order valence-corrected chi connectivity index (χ1v) is 6.26. The Kier molecular flexibility index (Phi) is 2.28. The number of rotatable bonds is 1. The van der Waals surface area contributed by atoms with E-state index < -0.39 is 0 Å². The molecule has 2 aromatic rings. The van der Waals surface area contributed by atoms with Crippen molar-refractivity contribution < 1.29 is 0 Å². The summed E-state index contributed by atoms with van der Waals surface area (Å²) < 4.78 is 3.21. The van der Waals surface area contributed by atoms with Crippen molar-refractivity contribution in [3.8, 4) is 0 Å². The van der Waals surface area contributed by atoms with Crippen LogP contribution in [-0.4, -0.2) is 9.38 Å². The van der Waals surface area contributed by atoms with Crippen molar-refractivity contribution in [1.29, 1.82) is 0 Å². The van der Waals surface area contributed by atoms with Gasteiger partial charge in [-0.1, -0.05) is 12.8 Å². The lowest BCUT2D eigenvalue weighted by Gasteiger charge is -2.02. The fraction of sp³-hybridized carbons (Fsp3) is 0.417. The number of aromatic nitrogens is 2. The normalized spacial score (nSPS) is 17.7. The molecule has 0 saturated heterocycles. The minimum Gasteiger partial charge on any atom is -0.306 e. The number of imidazole rings is 1. The molecule has 0 aliphatic heterocycles. The number of halogens is 1. The summed E-state index contributed by atoms with van der Waals surface area (Å²) >= 11 is 3.48. The molecule has 0 N–H and O–H groups in total. The first kappa shape index (κ1) is 9.40. The van der Waals surface area contributed by atoms with Gasteiger partial charge >= 0.3 is 0 Å². The molecule has 78 valence electrons. The van der Waals surface area contributed by atoms with Crippen molar-refractivity contribution in [1.82, 2.24) is 9.38 Å². The van der Waals surface area contributed by atoms with Crippen LogP contribution >= 0.6 is 15.9 Å². The largest absolute Gasteiger partial charge is 0.306 e. The van der Waals surface area contributed by atoms with E-state index in [9.17, 15) is 0 Å². The van der Waals surface area contributed by atoms with E-state index in [2.05, 4.69) is 43.8 Å². The number of fused-ring (bicyclic) bond motifs is 1. The van der Waals surface area contributed by atoms with Gasteiger partial charge in [0.1, 0.15) is 5.65 Å². The molecule has 2 aromatic heterocycles. The highest BCUT2D eigenvalue weighted by Crippen LogP contribution is 2.33. The Morgan fingerprint density at radius 3 is 2.80 bits per heavy atom. The molecule has 2 nitrogen and oxygen atoms in total. The summed E-state index contributed by atoms with van der Waals surface area (Å²) in [4.78, 5) is 4.68. The maximum absolute atomic E-state index is 4.68. The molecule has 1 fully saturated rings. The zero-order valence-electron chi connectivity index (χ0n) is 8.49. The Balaban J connectivity index is 2.05. The van der Waals surface area contributed by atoms with Crippen molar-refractivity contribution >= 4 is 21.6 Å². The lowest BCUT2D eigenvalue weighted by molar-refractivity contribution is 0.703. The van der Waals surface area contributed by atoms with Gasteiger partial charge in [0.15, 0.2) is 0 Å². The van der Waals surface area contributed by atoms with Crippen LogP contribution in [0.15, 0.2) is 29.0 Å². The zero-order chi connectivity index (χ0) is 10.3. The number of nitrogens with zero attached hydrogens (tertiary/aromatic N) is 2. The molecule has 0 aromatic carbocycles. The lowest BCUT2D eigenvalue weighted by atomic mass is 10.1. The van der Waals surface area contributed by atoms with E-state index in [1.165, 1.54) is 31.4 Å². The van der Waals surface area contributed by atoms with Gasteiger partial charge in [-0.15, -0.1) is 0 Å². The Morgan fingerprint density at radius 1 is 1.20 bits per heavy atom. The second-order valence-corrected chi connectivity index (χ2v) is 5.18. The summed E-state index contributed by atoms with van der Waals surface area (Å²) in [6.07, 6.45) is 9.59. The zero-order valence-corrected chi connectivity index (χ0v) is 10.1. The first-order valence-electron chi connectivity index (χ1n) is 5.47. The Bertz CT molecular complexity index is 483. The molecule has 0 spiro atoms. The number of hydrogen-bond donors (Lipinski definition) is 0. The SMILES string of the molecule is Brc1ccc2nc(C3CCCC3)cn2c1. The Morgan fingerprint density at radius 2 is 2.00 bits per heavy atom. The van der Waals surface area contributed by atoms with Gasteiger partial charge in [-0.05, 0) is 40.9 Å². The predicted octanol–water partition coefficient (Wildman–Crippen LogP) is 3.75. The maximum atomic E-state index is 4.68. The van der Waals surface area contributed by atoms with E-state index in [1.807, 2.05) is 6.07 Å². The van der Waals surface area contributed by atoms with Gasteiger partial charge in [0.2, 0.25) is 0 Å². The molecular weight excluding hydrogens is 252 g/mol. The second kappa shape index (κ2) is 3.63. The van der Waals surface area contributed by atoms with Crippen LogP contribution < -0.4 is 0 Å². The van der Waals surface area contributed by atoms with Crippen molar-refractivity contribution in [2.24, 2.45) is 0 Å². The summed E-state index contributed by atoms with van der Waals surface area (Å²) in [7, 11) is 0. The summed E-state index contributed by atoms with van der Waals surface area (Å²) in [5.41, 5.74) is 2.32. The van der Waals surface area contributed by atoms with Crippen LogP contribution in [-0.2, 0) is 0 Å². The molecule has 3 heteroatoms. The minimum absolute atomic E-state index is 0.698. The second-order valence-electron chi connectivity index (χ2n) is 4.26. The molecule has 1 aliphatic carbocycles. The summed E-state index contributed by atoms with van der Waals surface area (Å²) in [6.45, 7) is 0. The van der Waals surface area contributed by atoms with Crippen molar-refractivity contribution in [2.75, 3.05) is 0 Å². The summed E-state index contributed by atoms with van der Waals surface area (Å²) in [5, 5.41) is 0. The van der Waals surface area contributed by atoms with Crippen LogP contribution in [0, 0.1) is 0 Å². The van der Waals surface area contributed by atoms with E-state index in [0.29, 0.717) is 5.92 Å². The van der Waals surface area contributed by atoms with Crippen LogP contribution in [0.3, 0.4) is 0 Å². The van der Waals surface area contributed by atoms with E-state index >= 15 is 0 Å². The fourth-order valence-electron chi connectivity index (χ4n) is 2.40. The van der Waals surface area contributed by atoms with E-state index in [4.69, 9.17) is 0 Å². The topological polar surface area (TPSA) is 17.3 Å². The third-order valence-electron chi connectivity index (χ3n) is 3.21. The third-order valence-corrected chi connectivity index (χ3v) is 3.68. The van der Waals surface area contributed by atoms with E-state index in [1.54, 1.807) is 0 Å². The Hall–Kier alpha value is -0.830. The molecule has 2 heterocycles. The van der Waals surface area contributed by atoms with Crippen LogP contribution in [0.5, 0.6) is 0 Å². The molecule has 1 aliphatic rings. The number of pyridine rings is 1. The monoisotopic (exact) mass is 264 g/mol. The molecule has 0 atom stereocenters.